The number of amides is 1. The Kier molecular flexibility index (Phi) is 5.60. The molecule has 1 heterocycles. The zero-order valence-electron chi connectivity index (χ0n) is 9.37. The van der Waals surface area contributed by atoms with Gasteiger partial charge in [0.15, 0.2) is 0 Å². The van der Waals surface area contributed by atoms with E-state index in [-0.39, 0.29) is 5.91 Å². The van der Waals surface area contributed by atoms with Gasteiger partial charge in [0, 0.05) is 32.2 Å². The first kappa shape index (κ1) is 12.4. The van der Waals surface area contributed by atoms with Gasteiger partial charge in [0.25, 0.3) is 0 Å². The molecule has 5 nitrogen and oxygen atoms in total. The van der Waals surface area contributed by atoms with Crippen molar-refractivity contribution in [2.24, 2.45) is 5.84 Å². The van der Waals surface area contributed by atoms with Gasteiger partial charge in [-0.15, -0.1) is 0 Å². The molecule has 0 bridgehead atoms. The number of nitrogens with two attached hydrogens (primary N) is 1. The average molecular weight is 215 g/mol. The van der Waals surface area contributed by atoms with Crippen LogP contribution in [-0.2, 0) is 9.53 Å². The summed E-state index contributed by atoms with van der Waals surface area (Å²) in [4.78, 5) is 13.4. The molecule has 88 valence electrons. The van der Waals surface area contributed by atoms with Crippen LogP contribution >= 0.6 is 0 Å². The normalized spacial score (nSPS) is 20.7. The van der Waals surface area contributed by atoms with E-state index in [0.29, 0.717) is 12.5 Å². The fourth-order valence-corrected chi connectivity index (χ4v) is 1.80. The third kappa shape index (κ3) is 4.59. The van der Waals surface area contributed by atoms with Gasteiger partial charge in [-0.05, 0) is 19.8 Å². The quantitative estimate of drug-likeness (QED) is 0.389. The lowest BCUT2D eigenvalue weighted by atomic mass is 10.1. The minimum Gasteiger partial charge on any atom is -0.380 e. The van der Waals surface area contributed by atoms with E-state index >= 15 is 0 Å². The van der Waals surface area contributed by atoms with Crippen molar-refractivity contribution in [3.63, 3.8) is 0 Å². The molecule has 15 heavy (non-hydrogen) atoms. The van der Waals surface area contributed by atoms with E-state index in [1.807, 2.05) is 0 Å². The van der Waals surface area contributed by atoms with E-state index in [9.17, 15) is 4.79 Å². The number of hydrogen-bond donors (Lipinski definition) is 2. The number of nitrogens with one attached hydrogen (secondary N) is 1. The van der Waals surface area contributed by atoms with Crippen molar-refractivity contribution in [3.8, 4) is 0 Å². The van der Waals surface area contributed by atoms with E-state index in [1.165, 1.54) is 0 Å². The molecule has 0 aromatic rings. The van der Waals surface area contributed by atoms with Crippen LogP contribution in [0.1, 0.15) is 26.2 Å². The van der Waals surface area contributed by atoms with Crippen LogP contribution in [0, 0.1) is 0 Å². The summed E-state index contributed by atoms with van der Waals surface area (Å²) in [5.74, 6) is 4.94. The highest BCUT2D eigenvalue weighted by molar-refractivity contribution is 5.75. The molecule has 1 saturated heterocycles. The summed E-state index contributed by atoms with van der Waals surface area (Å²) in [5.41, 5.74) is 2.15. The van der Waals surface area contributed by atoms with Crippen molar-refractivity contribution in [2.45, 2.75) is 32.2 Å². The first-order chi connectivity index (χ1) is 7.24. The third-order valence-corrected chi connectivity index (χ3v) is 2.83. The zero-order chi connectivity index (χ0) is 11.1. The molecule has 0 aliphatic carbocycles. The van der Waals surface area contributed by atoms with Gasteiger partial charge >= 0.3 is 0 Å². The Morgan fingerprint density at radius 3 is 3.07 bits per heavy atom. The van der Waals surface area contributed by atoms with Crippen molar-refractivity contribution < 1.29 is 9.53 Å². The smallest absolute Gasteiger partial charge is 0.233 e. The number of rotatable bonds is 4. The molecular formula is C10H21N3O2. The second-order valence-electron chi connectivity index (χ2n) is 3.96. The summed E-state index contributed by atoms with van der Waals surface area (Å²) < 4.78 is 5.38. The monoisotopic (exact) mass is 215 g/mol. The highest BCUT2D eigenvalue weighted by Crippen LogP contribution is 2.09. The largest absolute Gasteiger partial charge is 0.380 e. The van der Waals surface area contributed by atoms with E-state index in [1.54, 1.807) is 0 Å². The third-order valence-electron chi connectivity index (χ3n) is 2.83. The van der Waals surface area contributed by atoms with Crippen molar-refractivity contribution in [2.75, 3.05) is 26.3 Å². The molecule has 1 aliphatic rings. The number of nitrogens with zero attached hydrogens (tertiary/aromatic N) is 1. The number of ether oxygens (including phenoxy) is 1. The van der Waals surface area contributed by atoms with Crippen LogP contribution in [0.5, 0.6) is 0 Å². The van der Waals surface area contributed by atoms with Crippen LogP contribution in [0.3, 0.4) is 0 Å². The highest BCUT2D eigenvalue weighted by atomic mass is 16.5. The summed E-state index contributed by atoms with van der Waals surface area (Å²) >= 11 is 0. The van der Waals surface area contributed by atoms with Crippen molar-refractivity contribution in [1.29, 1.82) is 0 Å². The molecule has 5 heteroatoms. The Hall–Kier alpha value is -0.650. The lowest BCUT2D eigenvalue weighted by Crippen LogP contribution is -2.37. The first-order valence-corrected chi connectivity index (χ1v) is 5.55. The fraction of sp³-hybridized carbons (Fsp3) is 0.900. The second kappa shape index (κ2) is 6.76. The minimum atomic E-state index is -0.0899. The van der Waals surface area contributed by atoms with Gasteiger partial charge in [0.1, 0.15) is 0 Å². The molecule has 0 spiro atoms. The van der Waals surface area contributed by atoms with Crippen molar-refractivity contribution >= 4 is 5.91 Å². The molecule has 0 radical (unpaired) electrons. The van der Waals surface area contributed by atoms with E-state index in [4.69, 9.17) is 10.6 Å². The molecule has 0 saturated carbocycles. The van der Waals surface area contributed by atoms with Gasteiger partial charge < -0.3 is 4.74 Å². The molecule has 1 unspecified atom stereocenters. The SMILES string of the molecule is CC(CCC(=O)NN)N1CCCOCC1. The van der Waals surface area contributed by atoms with Gasteiger partial charge in [0.2, 0.25) is 5.91 Å². The Balaban J connectivity index is 2.24. The lowest BCUT2D eigenvalue weighted by molar-refractivity contribution is -0.121. The van der Waals surface area contributed by atoms with E-state index < -0.39 is 0 Å². The van der Waals surface area contributed by atoms with Crippen LogP contribution in [0.2, 0.25) is 0 Å². The maximum Gasteiger partial charge on any atom is 0.233 e. The minimum absolute atomic E-state index is 0.0899. The van der Waals surface area contributed by atoms with Crippen LogP contribution in [0.25, 0.3) is 0 Å². The molecule has 1 fully saturated rings. The van der Waals surface area contributed by atoms with Crippen LogP contribution in [0.4, 0.5) is 0 Å². The van der Waals surface area contributed by atoms with Crippen LogP contribution in [0.15, 0.2) is 0 Å². The maximum atomic E-state index is 11.0. The molecule has 1 amide bonds. The van der Waals surface area contributed by atoms with E-state index in [2.05, 4.69) is 17.2 Å². The number of carbonyl (C=O) groups excluding carboxylic acids is 1. The molecule has 1 aliphatic heterocycles. The standard InChI is InChI=1S/C10H21N3O2/c1-9(3-4-10(14)12-11)13-5-2-7-15-8-6-13/h9H,2-8,11H2,1H3,(H,12,14). The number of hydrazine groups is 1. The fourth-order valence-electron chi connectivity index (χ4n) is 1.80. The Labute approximate surface area is 90.9 Å². The predicted octanol–water partition coefficient (Wildman–Crippen LogP) is -0.133. The van der Waals surface area contributed by atoms with Crippen LogP contribution in [-0.4, -0.2) is 43.2 Å². The summed E-state index contributed by atoms with van der Waals surface area (Å²) in [5, 5.41) is 0. The van der Waals surface area contributed by atoms with Crippen molar-refractivity contribution in [3.05, 3.63) is 0 Å². The summed E-state index contributed by atoms with van der Waals surface area (Å²) in [6.07, 6.45) is 2.42. The molecule has 0 aromatic heterocycles. The molecule has 1 rings (SSSR count). The van der Waals surface area contributed by atoms with Gasteiger partial charge in [0.05, 0.1) is 6.61 Å². The zero-order valence-corrected chi connectivity index (χ0v) is 9.37. The van der Waals surface area contributed by atoms with Crippen LogP contribution < -0.4 is 11.3 Å². The van der Waals surface area contributed by atoms with Gasteiger partial charge in [-0.25, -0.2) is 5.84 Å². The maximum absolute atomic E-state index is 11.0. The first-order valence-electron chi connectivity index (χ1n) is 5.55. The summed E-state index contributed by atoms with van der Waals surface area (Å²) in [6, 6.07) is 0.420. The van der Waals surface area contributed by atoms with Gasteiger partial charge in [-0.2, -0.15) is 0 Å². The Bertz CT molecular complexity index is 191. The molecular weight excluding hydrogens is 194 g/mol. The summed E-state index contributed by atoms with van der Waals surface area (Å²) in [6.45, 7) is 5.83. The molecule has 1 atom stereocenters. The predicted molar refractivity (Wildman–Crippen MR) is 58.0 cm³/mol. The van der Waals surface area contributed by atoms with Gasteiger partial charge in [-0.3, -0.25) is 15.1 Å². The highest BCUT2D eigenvalue weighted by Gasteiger charge is 2.16. The Morgan fingerprint density at radius 1 is 1.53 bits per heavy atom. The second-order valence-corrected chi connectivity index (χ2v) is 3.96. The summed E-state index contributed by atoms with van der Waals surface area (Å²) in [7, 11) is 0. The molecule has 0 aromatic carbocycles. The Morgan fingerprint density at radius 2 is 2.33 bits per heavy atom. The lowest BCUT2D eigenvalue weighted by Gasteiger charge is -2.26. The van der Waals surface area contributed by atoms with Gasteiger partial charge in [-0.1, -0.05) is 0 Å². The number of hydrogen-bond acceptors (Lipinski definition) is 4. The topological polar surface area (TPSA) is 67.6 Å². The van der Waals surface area contributed by atoms with Crippen molar-refractivity contribution in [1.82, 2.24) is 10.3 Å². The molecule has 3 N–H and O–H groups in total. The van der Waals surface area contributed by atoms with E-state index in [0.717, 1.165) is 39.1 Å². The number of carbonyl (C=O) groups is 1. The average Bonchev–Trinajstić information content (AvgIpc) is 2.53.